The van der Waals surface area contributed by atoms with Gasteiger partial charge >= 0.3 is 5.69 Å². The number of nitrogens with one attached hydrogen (secondary N) is 1. The smallest absolute Gasteiger partial charge is 0.328 e. The predicted octanol–water partition coefficient (Wildman–Crippen LogP) is 3.65. The molecule has 6 heteroatoms. The first kappa shape index (κ1) is 17.9. The number of halogens is 1. The molecule has 0 bridgehead atoms. The number of fused-ring (bicyclic) bond motifs is 1. The van der Waals surface area contributed by atoms with Gasteiger partial charge in [0.15, 0.2) is 0 Å². The third-order valence-corrected chi connectivity index (χ3v) is 5.51. The minimum Gasteiger partial charge on any atom is -0.349 e. The van der Waals surface area contributed by atoms with Crippen molar-refractivity contribution >= 4 is 28.5 Å². The molecular formula is C21H22ClN3O2. The maximum atomic E-state index is 12.6. The Labute approximate surface area is 162 Å². The molecule has 0 aliphatic heterocycles. The fourth-order valence-electron chi connectivity index (χ4n) is 3.61. The summed E-state index contributed by atoms with van der Waals surface area (Å²) >= 11 is 5.98. The van der Waals surface area contributed by atoms with Crippen LogP contribution in [0.25, 0.3) is 11.0 Å². The summed E-state index contributed by atoms with van der Waals surface area (Å²) in [6.45, 7) is 0.365. The largest absolute Gasteiger partial charge is 0.349 e. The second-order valence-corrected chi connectivity index (χ2v) is 7.60. The number of hydrogen-bond acceptors (Lipinski definition) is 2. The van der Waals surface area contributed by atoms with Crippen molar-refractivity contribution in [3.8, 4) is 0 Å². The highest BCUT2D eigenvalue weighted by Gasteiger charge is 2.33. The molecule has 4 rings (SSSR count). The molecule has 0 spiro atoms. The van der Waals surface area contributed by atoms with Gasteiger partial charge in [-0.3, -0.25) is 13.9 Å². The van der Waals surface area contributed by atoms with E-state index in [2.05, 4.69) is 5.32 Å². The molecule has 3 aromatic rings. The minimum atomic E-state index is -0.0968. The van der Waals surface area contributed by atoms with Crippen LogP contribution in [0.2, 0.25) is 5.02 Å². The summed E-state index contributed by atoms with van der Waals surface area (Å²) in [5.74, 6) is 0.442. The van der Waals surface area contributed by atoms with Crippen molar-refractivity contribution in [2.45, 2.75) is 31.8 Å². The van der Waals surface area contributed by atoms with E-state index in [-0.39, 0.29) is 24.1 Å². The fraction of sp³-hybridized carbons (Fsp3) is 0.333. The number of hydrogen-bond donors (Lipinski definition) is 1. The van der Waals surface area contributed by atoms with Crippen LogP contribution in [0.3, 0.4) is 0 Å². The Bertz CT molecular complexity index is 1030. The SMILES string of the molecule is Cn1c(=O)n(CCC(=O)NC(c2ccc(Cl)cc2)C2CC2)c2ccccc21. The number of aromatic nitrogens is 2. The number of nitrogens with zero attached hydrogens (tertiary/aromatic N) is 2. The van der Waals surface area contributed by atoms with Gasteiger partial charge in [-0.05, 0) is 48.6 Å². The van der Waals surface area contributed by atoms with Crippen LogP contribution >= 0.6 is 11.6 Å². The van der Waals surface area contributed by atoms with Crippen LogP contribution in [0.5, 0.6) is 0 Å². The highest BCUT2D eigenvalue weighted by atomic mass is 35.5. The molecule has 1 aliphatic carbocycles. The Kier molecular flexibility index (Phi) is 4.79. The molecule has 27 heavy (non-hydrogen) atoms. The van der Waals surface area contributed by atoms with E-state index in [4.69, 9.17) is 11.6 Å². The molecule has 1 amide bonds. The Hall–Kier alpha value is -2.53. The quantitative estimate of drug-likeness (QED) is 0.706. The fourth-order valence-corrected chi connectivity index (χ4v) is 3.74. The monoisotopic (exact) mass is 383 g/mol. The molecule has 1 fully saturated rings. The van der Waals surface area contributed by atoms with Gasteiger partial charge < -0.3 is 5.32 Å². The summed E-state index contributed by atoms with van der Waals surface area (Å²) in [5, 5.41) is 3.84. The van der Waals surface area contributed by atoms with Crippen molar-refractivity contribution < 1.29 is 4.79 Å². The highest BCUT2D eigenvalue weighted by Crippen LogP contribution is 2.41. The lowest BCUT2D eigenvalue weighted by Gasteiger charge is -2.19. The van der Waals surface area contributed by atoms with E-state index in [0.717, 1.165) is 29.4 Å². The number of rotatable bonds is 6. The van der Waals surface area contributed by atoms with Gasteiger partial charge in [0.1, 0.15) is 0 Å². The van der Waals surface area contributed by atoms with Crippen molar-refractivity contribution in [2.75, 3.05) is 0 Å². The first-order valence-corrected chi connectivity index (χ1v) is 9.61. The second kappa shape index (κ2) is 7.24. The van der Waals surface area contributed by atoms with Crippen LogP contribution in [0.4, 0.5) is 0 Å². The van der Waals surface area contributed by atoms with Crippen LogP contribution < -0.4 is 11.0 Å². The number of carbonyl (C=O) groups excluding carboxylic acids is 1. The van der Waals surface area contributed by atoms with Crippen LogP contribution in [0.1, 0.15) is 30.9 Å². The number of aryl methyl sites for hydroxylation is 2. The topological polar surface area (TPSA) is 56.0 Å². The average Bonchev–Trinajstić information content (AvgIpc) is 3.48. The van der Waals surface area contributed by atoms with Crippen molar-refractivity contribution in [1.82, 2.24) is 14.5 Å². The lowest BCUT2D eigenvalue weighted by Crippen LogP contribution is -2.31. The summed E-state index contributed by atoms with van der Waals surface area (Å²) in [4.78, 5) is 25.1. The first-order chi connectivity index (χ1) is 13.0. The summed E-state index contributed by atoms with van der Waals surface area (Å²) < 4.78 is 3.29. The molecule has 1 heterocycles. The van der Waals surface area contributed by atoms with Gasteiger partial charge in [-0.25, -0.2) is 4.79 Å². The third-order valence-electron chi connectivity index (χ3n) is 5.25. The van der Waals surface area contributed by atoms with Crippen LogP contribution in [-0.4, -0.2) is 15.0 Å². The zero-order valence-corrected chi connectivity index (χ0v) is 15.9. The number of imidazole rings is 1. The normalized spacial score (nSPS) is 15.0. The Balaban J connectivity index is 1.47. The molecule has 140 valence electrons. The van der Waals surface area contributed by atoms with E-state index in [1.165, 1.54) is 0 Å². The molecule has 1 unspecified atom stereocenters. The van der Waals surface area contributed by atoms with Gasteiger partial charge in [-0.2, -0.15) is 0 Å². The van der Waals surface area contributed by atoms with Gasteiger partial charge in [0.05, 0.1) is 17.1 Å². The molecule has 1 aromatic heterocycles. The number of para-hydroxylation sites is 2. The van der Waals surface area contributed by atoms with Gasteiger partial charge in [0, 0.05) is 25.0 Å². The predicted molar refractivity (Wildman–Crippen MR) is 107 cm³/mol. The van der Waals surface area contributed by atoms with Crippen molar-refractivity contribution in [2.24, 2.45) is 13.0 Å². The molecule has 5 nitrogen and oxygen atoms in total. The highest BCUT2D eigenvalue weighted by molar-refractivity contribution is 6.30. The maximum absolute atomic E-state index is 12.6. The molecule has 1 N–H and O–H groups in total. The van der Waals surface area contributed by atoms with E-state index < -0.39 is 0 Å². The summed E-state index contributed by atoms with van der Waals surface area (Å²) in [6.07, 6.45) is 2.51. The summed E-state index contributed by atoms with van der Waals surface area (Å²) in [5.41, 5.74) is 2.71. The minimum absolute atomic E-state index is 0.0130. The Morgan fingerprint density at radius 1 is 1.15 bits per heavy atom. The summed E-state index contributed by atoms with van der Waals surface area (Å²) in [6, 6.07) is 15.3. The third kappa shape index (κ3) is 3.65. The number of benzene rings is 2. The van der Waals surface area contributed by atoms with Crippen LogP contribution in [0, 0.1) is 5.92 Å². The van der Waals surface area contributed by atoms with Gasteiger partial charge in [-0.1, -0.05) is 35.9 Å². The summed E-state index contributed by atoms with van der Waals surface area (Å²) in [7, 11) is 1.75. The number of carbonyl (C=O) groups is 1. The first-order valence-electron chi connectivity index (χ1n) is 9.23. The molecular weight excluding hydrogens is 362 g/mol. The van der Waals surface area contributed by atoms with E-state index in [9.17, 15) is 9.59 Å². The van der Waals surface area contributed by atoms with Crippen LogP contribution in [-0.2, 0) is 18.4 Å². The van der Waals surface area contributed by atoms with E-state index in [1.807, 2.05) is 48.5 Å². The van der Waals surface area contributed by atoms with Crippen molar-refractivity contribution in [3.63, 3.8) is 0 Å². The van der Waals surface area contributed by atoms with Gasteiger partial charge in [0.25, 0.3) is 0 Å². The molecule has 1 atom stereocenters. The number of amides is 1. The van der Waals surface area contributed by atoms with E-state index in [0.29, 0.717) is 17.5 Å². The zero-order valence-electron chi connectivity index (χ0n) is 15.2. The van der Waals surface area contributed by atoms with E-state index in [1.54, 1.807) is 16.2 Å². The standard InChI is InChI=1S/C21H22ClN3O2/c1-24-17-4-2-3-5-18(17)25(21(24)27)13-12-19(26)23-20(14-6-7-14)15-8-10-16(22)11-9-15/h2-5,8-11,14,20H,6-7,12-13H2,1H3,(H,23,26). The van der Waals surface area contributed by atoms with Gasteiger partial charge in [0.2, 0.25) is 5.91 Å². The second-order valence-electron chi connectivity index (χ2n) is 7.17. The molecule has 2 aromatic carbocycles. The maximum Gasteiger partial charge on any atom is 0.328 e. The lowest BCUT2D eigenvalue weighted by atomic mass is 10.0. The lowest BCUT2D eigenvalue weighted by molar-refractivity contribution is -0.122. The van der Waals surface area contributed by atoms with Gasteiger partial charge in [-0.15, -0.1) is 0 Å². The molecule has 1 aliphatic rings. The molecule has 0 saturated heterocycles. The van der Waals surface area contributed by atoms with E-state index >= 15 is 0 Å². The molecule has 1 saturated carbocycles. The Morgan fingerprint density at radius 2 is 1.81 bits per heavy atom. The Morgan fingerprint density at radius 3 is 2.48 bits per heavy atom. The zero-order chi connectivity index (χ0) is 19.0. The van der Waals surface area contributed by atoms with Crippen LogP contribution in [0.15, 0.2) is 53.3 Å². The molecule has 0 radical (unpaired) electrons. The average molecular weight is 384 g/mol. The van der Waals surface area contributed by atoms with Crippen molar-refractivity contribution in [3.05, 3.63) is 69.6 Å². The van der Waals surface area contributed by atoms with Crippen molar-refractivity contribution in [1.29, 1.82) is 0 Å².